The molecule has 0 aromatic carbocycles. The number of nitrogens with one attached hydrogen (secondary N) is 2. The Kier molecular flexibility index (Phi) is 3.32. The van der Waals surface area contributed by atoms with Gasteiger partial charge in [0.05, 0.1) is 19.2 Å². The number of ether oxygens (including phenoxy) is 1. The van der Waals surface area contributed by atoms with Crippen molar-refractivity contribution < 1.29 is 9.53 Å². The molecule has 0 aromatic heterocycles. The standard InChI is InChI=1S/C7H14N2O2/c1-2-11-7(10)5-6-8-3-4-9-6/h6,8-9H,2-5H2,1H3. The highest BCUT2D eigenvalue weighted by atomic mass is 16.5. The quantitative estimate of drug-likeness (QED) is 0.541. The molecule has 1 fully saturated rings. The molecule has 0 radical (unpaired) electrons. The molecular weight excluding hydrogens is 144 g/mol. The second-order valence-corrected chi connectivity index (χ2v) is 2.47. The second kappa shape index (κ2) is 4.31. The van der Waals surface area contributed by atoms with Gasteiger partial charge in [-0.2, -0.15) is 0 Å². The molecule has 1 aliphatic heterocycles. The molecule has 0 atom stereocenters. The highest BCUT2D eigenvalue weighted by molar-refractivity contribution is 5.70. The summed E-state index contributed by atoms with van der Waals surface area (Å²) in [7, 11) is 0. The SMILES string of the molecule is CCOC(=O)CC1NCCN1. The molecule has 1 saturated heterocycles. The minimum absolute atomic E-state index is 0.119. The Balaban J connectivity index is 2.13. The average molecular weight is 158 g/mol. The van der Waals surface area contributed by atoms with Crippen molar-refractivity contribution in [3.63, 3.8) is 0 Å². The first kappa shape index (κ1) is 8.49. The third-order valence-corrected chi connectivity index (χ3v) is 1.58. The predicted octanol–water partition coefficient (Wildman–Crippen LogP) is -0.541. The maximum Gasteiger partial charge on any atom is 0.308 e. The normalized spacial score (nSPS) is 18.6. The minimum atomic E-state index is -0.139. The third kappa shape index (κ3) is 2.86. The molecule has 0 aliphatic carbocycles. The summed E-state index contributed by atoms with van der Waals surface area (Å²) < 4.78 is 4.78. The van der Waals surface area contributed by atoms with Crippen LogP contribution in [-0.4, -0.2) is 31.8 Å². The molecule has 1 rings (SSSR count). The van der Waals surface area contributed by atoms with Gasteiger partial charge in [0.25, 0.3) is 0 Å². The molecule has 0 unspecified atom stereocenters. The van der Waals surface area contributed by atoms with Gasteiger partial charge in [0.2, 0.25) is 0 Å². The van der Waals surface area contributed by atoms with Crippen molar-refractivity contribution in [3.05, 3.63) is 0 Å². The lowest BCUT2D eigenvalue weighted by atomic mass is 10.3. The van der Waals surface area contributed by atoms with Gasteiger partial charge in [0, 0.05) is 13.1 Å². The van der Waals surface area contributed by atoms with E-state index in [0.717, 1.165) is 13.1 Å². The second-order valence-electron chi connectivity index (χ2n) is 2.47. The molecule has 4 nitrogen and oxygen atoms in total. The fraction of sp³-hybridized carbons (Fsp3) is 0.857. The Morgan fingerprint density at radius 3 is 2.73 bits per heavy atom. The third-order valence-electron chi connectivity index (χ3n) is 1.58. The Morgan fingerprint density at radius 1 is 1.55 bits per heavy atom. The Labute approximate surface area is 66.3 Å². The van der Waals surface area contributed by atoms with Gasteiger partial charge in [0.1, 0.15) is 0 Å². The minimum Gasteiger partial charge on any atom is -0.466 e. The summed E-state index contributed by atoms with van der Waals surface area (Å²) in [5.41, 5.74) is 0. The number of carbonyl (C=O) groups excluding carboxylic acids is 1. The molecule has 0 amide bonds. The highest BCUT2D eigenvalue weighted by Gasteiger charge is 2.16. The average Bonchev–Trinajstić information content (AvgIpc) is 2.40. The molecule has 0 bridgehead atoms. The Morgan fingerprint density at radius 2 is 2.18 bits per heavy atom. The fourth-order valence-electron chi connectivity index (χ4n) is 1.10. The molecule has 0 saturated carbocycles. The molecule has 11 heavy (non-hydrogen) atoms. The van der Waals surface area contributed by atoms with Crippen LogP contribution in [0.25, 0.3) is 0 Å². The molecule has 1 heterocycles. The zero-order valence-corrected chi connectivity index (χ0v) is 6.72. The van der Waals surface area contributed by atoms with Crippen LogP contribution in [0.1, 0.15) is 13.3 Å². The predicted molar refractivity (Wildman–Crippen MR) is 41.0 cm³/mol. The van der Waals surface area contributed by atoms with Crippen LogP contribution in [0, 0.1) is 0 Å². The summed E-state index contributed by atoms with van der Waals surface area (Å²) in [6.45, 7) is 4.15. The first-order valence-corrected chi connectivity index (χ1v) is 3.95. The molecular formula is C7H14N2O2. The van der Waals surface area contributed by atoms with E-state index in [4.69, 9.17) is 4.74 Å². The summed E-state index contributed by atoms with van der Waals surface area (Å²) in [6, 6.07) is 0. The zero-order valence-electron chi connectivity index (χ0n) is 6.72. The summed E-state index contributed by atoms with van der Waals surface area (Å²) in [6.07, 6.45) is 0.544. The van der Waals surface area contributed by atoms with Crippen LogP contribution in [0.4, 0.5) is 0 Å². The maximum atomic E-state index is 10.9. The van der Waals surface area contributed by atoms with E-state index < -0.39 is 0 Å². The lowest BCUT2D eigenvalue weighted by molar-refractivity contribution is -0.143. The summed E-state index contributed by atoms with van der Waals surface area (Å²) in [5, 5.41) is 6.27. The van der Waals surface area contributed by atoms with Crippen LogP contribution < -0.4 is 10.6 Å². The number of hydrogen-bond donors (Lipinski definition) is 2. The Bertz CT molecular complexity index is 132. The molecule has 0 aromatic rings. The molecule has 4 heteroatoms. The molecule has 1 aliphatic rings. The van der Waals surface area contributed by atoms with E-state index in [1.165, 1.54) is 0 Å². The van der Waals surface area contributed by atoms with E-state index in [0.29, 0.717) is 13.0 Å². The largest absolute Gasteiger partial charge is 0.466 e. The molecule has 64 valence electrons. The van der Waals surface area contributed by atoms with Gasteiger partial charge in [0.15, 0.2) is 0 Å². The van der Waals surface area contributed by atoms with Crippen LogP contribution in [0.5, 0.6) is 0 Å². The van der Waals surface area contributed by atoms with Crippen LogP contribution in [0.2, 0.25) is 0 Å². The van der Waals surface area contributed by atoms with Crippen LogP contribution in [0.15, 0.2) is 0 Å². The number of esters is 1. The lowest BCUT2D eigenvalue weighted by Crippen LogP contribution is -2.33. The topological polar surface area (TPSA) is 50.4 Å². The first-order valence-electron chi connectivity index (χ1n) is 3.95. The van der Waals surface area contributed by atoms with Gasteiger partial charge in [-0.15, -0.1) is 0 Å². The van der Waals surface area contributed by atoms with Gasteiger partial charge < -0.3 is 15.4 Å². The summed E-state index contributed by atoms with van der Waals surface area (Å²) in [5.74, 6) is -0.139. The van der Waals surface area contributed by atoms with Crippen molar-refractivity contribution in [2.45, 2.75) is 19.5 Å². The van der Waals surface area contributed by atoms with E-state index in [2.05, 4.69) is 10.6 Å². The smallest absolute Gasteiger partial charge is 0.308 e. The lowest BCUT2D eigenvalue weighted by Gasteiger charge is -2.08. The van der Waals surface area contributed by atoms with Gasteiger partial charge in [-0.1, -0.05) is 0 Å². The Hall–Kier alpha value is -0.610. The van der Waals surface area contributed by atoms with Crippen LogP contribution in [0.3, 0.4) is 0 Å². The van der Waals surface area contributed by atoms with E-state index in [-0.39, 0.29) is 12.1 Å². The summed E-state index contributed by atoms with van der Waals surface area (Å²) in [4.78, 5) is 10.9. The molecule has 2 N–H and O–H groups in total. The van der Waals surface area contributed by atoms with E-state index in [9.17, 15) is 4.79 Å². The van der Waals surface area contributed by atoms with Gasteiger partial charge in [-0.25, -0.2) is 0 Å². The van der Waals surface area contributed by atoms with Crippen molar-refractivity contribution in [2.75, 3.05) is 19.7 Å². The van der Waals surface area contributed by atoms with E-state index >= 15 is 0 Å². The fourth-order valence-corrected chi connectivity index (χ4v) is 1.10. The van der Waals surface area contributed by atoms with Crippen molar-refractivity contribution in [3.8, 4) is 0 Å². The van der Waals surface area contributed by atoms with Crippen LogP contribution in [-0.2, 0) is 9.53 Å². The van der Waals surface area contributed by atoms with Crippen molar-refractivity contribution in [1.29, 1.82) is 0 Å². The van der Waals surface area contributed by atoms with Crippen molar-refractivity contribution >= 4 is 5.97 Å². The molecule has 0 spiro atoms. The van der Waals surface area contributed by atoms with Crippen LogP contribution >= 0.6 is 0 Å². The van der Waals surface area contributed by atoms with Crippen molar-refractivity contribution in [2.24, 2.45) is 0 Å². The van der Waals surface area contributed by atoms with Gasteiger partial charge >= 0.3 is 5.97 Å². The van der Waals surface area contributed by atoms with E-state index in [1.807, 2.05) is 6.92 Å². The summed E-state index contributed by atoms with van der Waals surface area (Å²) >= 11 is 0. The monoisotopic (exact) mass is 158 g/mol. The number of hydrogen-bond acceptors (Lipinski definition) is 4. The first-order chi connectivity index (χ1) is 5.33. The maximum absolute atomic E-state index is 10.9. The van der Waals surface area contributed by atoms with Gasteiger partial charge in [-0.3, -0.25) is 4.79 Å². The number of rotatable bonds is 3. The number of carbonyl (C=O) groups is 1. The zero-order chi connectivity index (χ0) is 8.10. The highest BCUT2D eigenvalue weighted by Crippen LogP contribution is 1.94. The van der Waals surface area contributed by atoms with E-state index in [1.54, 1.807) is 0 Å². The van der Waals surface area contributed by atoms with Crippen molar-refractivity contribution in [1.82, 2.24) is 10.6 Å². The van der Waals surface area contributed by atoms with Gasteiger partial charge in [-0.05, 0) is 6.92 Å².